The van der Waals surface area contributed by atoms with Crippen LogP contribution in [0.1, 0.15) is 104 Å². The first-order valence-corrected chi connectivity index (χ1v) is 29.6. The molecule has 75 heavy (non-hydrogen) atoms. The molecule has 3 aromatic heterocycles. The van der Waals surface area contributed by atoms with E-state index < -0.39 is 19.9 Å². The average Bonchev–Trinajstić information content (AvgIpc) is 4.11. The molecule has 0 atom stereocenters. The quantitative estimate of drug-likeness (QED) is 0.0822. The van der Waals surface area contributed by atoms with Crippen molar-refractivity contribution in [2.75, 3.05) is 0 Å². The smallest absolute Gasteiger partial charge is 0.121 e. The summed E-state index contributed by atoms with van der Waals surface area (Å²) in [7, 11) is -1.50. The summed E-state index contributed by atoms with van der Waals surface area (Å²) in [4.78, 5) is 10.1. The van der Waals surface area contributed by atoms with E-state index in [1.165, 1.54) is 38.2 Å². The van der Waals surface area contributed by atoms with Crippen LogP contribution in [0.4, 0.5) is 0 Å². The summed E-state index contributed by atoms with van der Waals surface area (Å²) < 4.78 is 27.2. The van der Waals surface area contributed by atoms with Gasteiger partial charge in [-0.15, -0.1) is 53.6 Å². The standard InChI is InChI=1S/C52H43N2O.C17H22NSi.Ir/c1-30(2)38-23-24-41(51-48(38)45-26-36-21-20-34-16-10-12-18-39(34)44(36)29-47(45)55-51)52-53-46-25-22-35-17-11-13-19-40(35)50(46)54(52)49-42(31(3)4)27-37(28-43(49)32(5)6)33-14-8-7-9-15-33;1-13(2)15-11-16(14-9-7-6-8-10-14)18-12-17(15)19(3,4)5;/h7-23,25-32H,1-6H3;6-9,11-13H,1-5H3;/q2*-1;/i30D;13D;. The van der Waals surface area contributed by atoms with Crippen molar-refractivity contribution < 1.29 is 27.3 Å². The molecular formula is C69H65IrN3OSi-2. The fourth-order valence-corrected chi connectivity index (χ4v) is 12.5. The molecule has 0 spiro atoms. The van der Waals surface area contributed by atoms with Crippen molar-refractivity contribution in [1.29, 1.82) is 0 Å². The van der Waals surface area contributed by atoms with E-state index in [1.54, 1.807) is 0 Å². The Bertz CT molecular complexity index is 4150. The Morgan fingerprint density at radius 1 is 0.573 bits per heavy atom. The molecule has 377 valence electrons. The maximum atomic E-state index is 9.33. The van der Waals surface area contributed by atoms with E-state index in [-0.39, 0.29) is 31.9 Å². The molecule has 0 aliphatic rings. The number of furan rings is 1. The molecule has 4 nitrogen and oxygen atoms in total. The number of nitrogens with zero attached hydrogens (tertiary/aromatic N) is 3. The summed E-state index contributed by atoms with van der Waals surface area (Å²) in [6.45, 7) is 23.8. The third kappa shape index (κ3) is 9.47. The van der Waals surface area contributed by atoms with E-state index >= 15 is 0 Å². The SMILES string of the molecule is [2H]C(C)(C)c1c[c-]c(-c2nc3ccc4ccccc4c3n2-c2c(C(C)C)cc(-c3ccccc3)cc2C(C)C)c2oc3cc4c(ccc5ccccc54)cc3c12.[2H]C(C)(C)c1cc(-c2[c-]cccc2)ncc1[Si](C)(C)C.[Ir]. The fourth-order valence-electron chi connectivity index (χ4n) is 10.9. The molecule has 0 bridgehead atoms. The van der Waals surface area contributed by atoms with Gasteiger partial charge in [-0.05, 0) is 108 Å². The molecule has 0 unspecified atom stereocenters. The van der Waals surface area contributed by atoms with Crippen molar-refractivity contribution in [3.63, 3.8) is 0 Å². The van der Waals surface area contributed by atoms with Gasteiger partial charge in [-0.2, -0.15) is 0 Å². The molecule has 1 radical (unpaired) electrons. The van der Waals surface area contributed by atoms with Crippen molar-refractivity contribution in [3.8, 4) is 39.5 Å². The minimum atomic E-state index is -1.50. The van der Waals surface area contributed by atoms with Crippen LogP contribution in [0.5, 0.6) is 0 Å². The van der Waals surface area contributed by atoms with E-state index in [0.717, 1.165) is 88.4 Å². The van der Waals surface area contributed by atoms with E-state index in [9.17, 15) is 1.37 Å². The van der Waals surface area contributed by atoms with Crippen molar-refractivity contribution >= 4 is 78.5 Å². The van der Waals surface area contributed by atoms with Crippen molar-refractivity contribution in [1.82, 2.24) is 14.5 Å². The van der Waals surface area contributed by atoms with E-state index in [0.29, 0.717) is 5.58 Å². The van der Waals surface area contributed by atoms with Gasteiger partial charge in [0.1, 0.15) is 5.58 Å². The Morgan fingerprint density at radius 3 is 1.85 bits per heavy atom. The zero-order valence-electron chi connectivity index (χ0n) is 46.9. The third-order valence-corrected chi connectivity index (χ3v) is 16.7. The molecule has 0 aliphatic heterocycles. The van der Waals surface area contributed by atoms with Gasteiger partial charge in [0.25, 0.3) is 0 Å². The van der Waals surface area contributed by atoms with Gasteiger partial charge in [-0.3, -0.25) is 4.98 Å². The van der Waals surface area contributed by atoms with Crippen LogP contribution < -0.4 is 5.19 Å². The second-order valence-electron chi connectivity index (χ2n) is 22.0. The number of pyridine rings is 1. The number of hydrogen-bond acceptors (Lipinski definition) is 3. The van der Waals surface area contributed by atoms with Gasteiger partial charge in [0.2, 0.25) is 0 Å². The fraction of sp³-hybridized carbons (Fsp3) is 0.217. The van der Waals surface area contributed by atoms with Gasteiger partial charge in [-0.1, -0.05) is 201 Å². The number of hydrogen-bond donors (Lipinski definition) is 0. The molecular weight excluding hydrogens is 1110 g/mol. The predicted octanol–water partition coefficient (Wildman–Crippen LogP) is 19.1. The molecule has 0 N–H and O–H groups in total. The topological polar surface area (TPSA) is 43.9 Å². The minimum Gasteiger partial charge on any atom is -0.501 e. The molecule has 0 fully saturated rings. The Kier molecular flexibility index (Phi) is 13.5. The van der Waals surface area contributed by atoms with E-state index in [2.05, 4.69) is 202 Å². The minimum absolute atomic E-state index is 0. The Morgan fingerprint density at radius 2 is 1.20 bits per heavy atom. The third-order valence-electron chi connectivity index (χ3n) is 14.7. The van der Waals surface area contributed by atoms with Gasteiger partial charge >= 0.3 is 0 Å². The first kappa shape index (κ1) is 49.0. The molecule has 0 saturated carbocycles. The molecule has 3 heterocycles. The monoisotopic (exact) mass is 1170 g/mol. The average molecular weight is 1170 g/mol. The van der Waals surface area contributed by atoms with Crippen LogP contribution in [0.3, 0.4) is 0 Å². The number of imidazole rings is 1. The molecule has 12 rings (SSSR count). The van der Waals surface area contributed by atoms with E-state index in [1.807, 2.05) is 64.2 Å². The zero-order valence-corrected chi connectivity index (χ0v) is 48.3. The molecule has 6 heteroatoms. The normalized spacial score (nSPS) is 12.7. The van der Waals surface area contributed by atoms with Crippen LogP contribution >= 0.6 is 0 Å². The van der Waals surface area contributed by atoms with Crippen molar-refractivity contribution in [2.24, 2.45) is 0 Å². The zero-order chi connectivity index (χ0) is 53.4. The van der Waals surface area contributed by atoms with Crippen molar-refractivity contribution in [3.05, 3.63) is 204 Å². The van der Waals surface area contributed by atoms with Crippen LogP contribution in [0, 0.1) is 12.1 Å². The maximum Gasteiger partial charge on any atom is 0.121 e. The summed E-state index contributed by atoms with van der Waals surface area (Å²) in [5.41, 5.74) is 14.2. The Hall–Kier alpha value is -6.95. The number of aromatic nitrogens is 3. The van der Waals surface area contributed by atoms with Crippen LogP contribution in [0.2, 0.25) is 19.6 Å². The van der Waals surface area contributed by atoms with Crippen LogP contribution in [0.25, 0.3) is 105 Å². The Labute approximate surface area is 460 Å². The van der Waals surface area contributed by atoms with E-state index in [4.69, 9.17) is 10.8 Å². The van der Waals surface area contributed by atoms with Crippen molar-refractivity contribution in [2.45, 2.75) is 98.7 Å². The number of benzene rings is 9. The van der Waals surface area contributed by atoms with Crippen LogP contribution in [-0.4, -0.2) is 22.6 Å². The Balaban J connectivity index is 0.000000271. The molecule has 12 aromatic rings. The predicted molar refractivity (Wildman–Crippen MR) is 318 cm³/mol. The van der Waals surface area contributed by atoms with Gasteiger partial charge in [0.15, 0.2) is 0 Å². The molecule has 0 aliphatic carbocycles. The van der Waals surface area contributed by atoms with Gasteiger partial charge < -0.3 is 14.0 Å². The van der Waals surface area contributed by atoms with Gasteiger partial charge in [0.05, 0.1) is 30.5 Å². The largest absolute Gasteiger partial charge is 0.501 e. The second kappa shape index (κ2) is 20.6. The summed E-state index contributed by atoms with van der Waals surface area (Å²) in [5, 5.41) is 10.2. The molecule has 0 saturated heterocycles. The first-order valence-electron chi connectivity index (χ1n) is 27.1. The molecule has 9 aromatic carbocycles. The van der Waals surface area contributed by atoms with Gasteiger partial charge in [-0.25, -0.2) is 0 Å². The van der Waals surface area contributed by atoms with Gasteiger partial charge in [0, 0.05) is 45.5 Å². The maximum absolute atomic E-state index is 9.33. The number of fused-ring (bicyclic) bond motifs is 9. The van der Waals surface area contributed by atoms with Crippen LogP contribution in [0.15, 0.2) is 174 Å². The summed E-state index contributed by atoms with van der Waals surface area (Å²) in [6.07, 6.45) is 1.98. The van der Waals surface area contributed by atoms with Crippen LogP contribution in [-0.2, 0) is 20.1 Å². The first-order chi connectivity index (χ1) is 36.3. The summed E-state index contributed by atoms with van der Waals surface area (Å²) >= 11 is 0. The second-order valence-corrected chi connectivity index (χ2v) is 27.0. The molecule has 0 amide bonds. The number of rotatable bonds is 9. The summed E-state index contributed by atoms with van der Waals surface area (Å²) in [5.74, 6) is -0.296. The summed E-state index contributed by atoms with van der Waals surface area (Å²) in [6, 6.07) is 64.6.